The first-order chi connectivity index (χ1) is 12.5. The van der Waals surface area contributed by atoms with Crippen molar-refractivity contribution < 1.29 is 4.42 Å². The summed E-state index contributed by atoms with van der Waals surface area (Å²) in [4.78, 5) is 11.5. The number of furan rings is 1. The third-order valence-electron chi connectivity index (χ3n) is 5.60. The van der Waals surface area contributed by atoms with Gasteiger partial charge in [-0.15, -0.1) is 0 Å². The molecule has 0 spiro atoms. The van der Waals surface area contributed by atoms with E-state index >= 15 is 0 Å². The van der Waals surface area contributed by atoms with Gasteiger partial charge in [-0.05, 0) is 45.2 Å². The highest BCUT2D eigenvalue weighted by atomic mass is 16.3. The third kappa shape index (κ3) is 2.01. The van der Waals surface area contributed by atoms with Crippen molar-refractivity contribution in [2.45, 2.75) is 20.0 Å². The molecule has 0 saturated carbocycles. The molecule has 4 heterocycles. The minimum absolute atomic E-state index is 0.116. The van der Waals surface area contributed by atoms with Gasteiger partial charge in [-0.2, -0.15) is 0 Å². The first-order valence-electron chi connectivity index (χ1n) is 8.96. The van der Waals surface area contributed by atoms with E-state index in [2.05, 4.69) is 83.0 Å². The van der Waals surface area contributed by atoms with Crippen LogP contribution in [0.3, 0.4) is 0 Å². The second-order valence-corrected chi connectivity index (χ2v) is 7.20. The summed E-state index contributed by atoms with van der Waals surface area (Å²) in [5.41, 5.74) is 5.09. The monoisotopic (exact) mass is 344 g/mol. The predicted molar refractivity (Wildman–Crippen MR) is 107 cm³/mol. The van der Waals surface area contributed by atoms with E-state index in [0.717, 1.165) is 21.7 Å². The van der Waals surface area contributed by atoms with Gasteiger partial charge in [0.15, 0.2) is 5.42 Å². The van der Waals surface area contributed by atoms with Crippen molar-refractivity contribution in [3.63, 3.8) is 0 Å². The highest BCUT2D eigenvalue weighted by Crippen LogP contribution is 2.39. The van der Waals surface area contributed by atoms with Crippen LogP contribution in [0.15, 0.2) is 40.8 Å². The maximum absolute atomic E-state index is 6.00. The first-order valence-corrected chi connectivity index (χ1v) is 8.96. The molecule has 2 aromatic heterocycles. The van der Waals surface area contributed by atoms with Crippen LogP contribution in [0.5, 0.6) is 0 Å². The number of benzene rings is 1. The van der Waals surface area contributed by atoms with Crippen LogP contribution < -0.4 is 20.3 Å². The summed E-state index contributed by atoms with van der Waals surface area (Å²) < 4.78 is 6.00. The van der Waals surface area contributed by atoms with Crippen LogP contribution in [-0.2, 0) is 0 Å². The molecule has 0 bridgehead atoms. The molecule has 0 fully saturated rings. The number of hydrogen-bond donors (Lipinski definition) is 0. The Bertz CT molecular complexity index is 1140. The zero-order valence-electron chi connectivity index (χ0n) is 15.5. The molecule has 6 heteroatoms. The second kappa shape index (κ2) is 5.30. The molecule has 130 valence electrons. The summed E-state index contributed by atoms with van der Waals surface area (Å²) in [6.45, 7) is 4.35. The van der Waals surface area contributed by atoms with E-state index in [9.17, 15) is 0 Å². The lowest BCUT2D eigenvalue weighted by Gasteiger charge is -2.36. The zero-order chi connectivity index (χ0) is 18.0. The van der Waals surface area contributed by atoms with Gasteiger partial charge in [-0.3, -0.25) is 0 Å². The van der Waals surface area contributed by atoms with E-state index in [-0.39, 0.29) is 13.1 Å². The quantitative estimate of drug-likeness (QED) is 0.631. The Hall–Kier alpha value is -2.89. The van der Waals surface area contributed by atoms with Crippen molar-refractivity contribution in [2.75, 3.05) is 23.8 Å². The van der Waals surface area contributed by atoms with Crippen molar-refractivity contribution >= 4 is 41.6 Å². The van der Waals surface area contributed by atoms with E-state index in [1.165, 1.54) is 11.4 Å². The molecule has 26 heavy (non-hydrogen) atoms. The van der Waals surface area contributed by atoms with Crippen LogP contribution in [-0.4, -0.2) is 37.0 Å². The van der Waals surface area contributed by atoms with Crippen molar-refractivity contribution in [3.8, 4) is 0 Å². The van der Waals surface area contributed by atoms with Crippen molar-refractivity contribution in [3.05, 3.63) is 52.7 Å². The fourth-order valence-electron chi connectivity index (χ4n) is 4.11. The average molecular weight is 344 g/mol. The van der Waals surface area contributed by atoms with Crippen LogP contribution in [0.25, 0.3) is 23.3 Å². The Labute approximate surface area is 152 Å². The molecular formula is C20H21BN4O. The molecule has 2 aliphatic rings. The fourth-order valence-corrected chi connectivity index (χ4v) is 4.11. The van der Waals surface area contributed by atoms with Gasteiger partial charge in [0.1, 0.15) is 0 Å². The number of aromatic nitrogens is 1. The van der Waals surface area contributed by atoms with Crippen molar-refractivity contribution in [1.29, 1.82) is 0 Å². The summed E-state index contributed by atoms with van der Waals surface area (Å²) in [5.74, 6) is 2.30. The van der Waals surface area contributed by atoms with Crippen LogP contribution in [0, 0.1) is 6.92 Å². The molecule has 0 saturated heterocycles. The minimum atomic E-state index is 0.116. The van der Waals surface area contributed by atoms with E-state index in [1.54, 1.807) is 0 Å². The van der Waals surface area contributed by atoms with Crippen molar-refractivity contribution in [2.24, 2.45) is 0 Å². The van der Waals surface area contributed by atoms with Gasteiger partial charge in [0.25, 0.3) is 0 Å². The van der Waals surface area contributed by atoms with Gasteiger partial charge >= 0.3 is 6.98 Å². The van der Waals surface area contributed by atoms with Crippen LogP contribution in [0.1, 0.15) is 12.6 Å². The van der Waals surface area contributed by atoms with E-state index in [4.69, 9.17) is 4.42 Å². The van der Waals surface area contributed by atoms with Gasteiger partial charge in [0.2, 0.25) is 5.71 Å². The van der Waals surface area contributed by atoms with Crippen molar-refractivity contribution in [1.82, 2.24) is 9.79 Å². The summed E-state index contributed by atoms with van der Waals surface area (Å²) in [6, 6.07) is 12.7. The lowest BCUT2D eigenvalue weighted by atomic mass is 9.69. The topological polar surface area (TPSA) is 35.8 Å². The van der Waals surface area contributed by atoms with Crippen LogP contribution >= 0.6 is 0 Å². The highest BCUT2D eigenvalue weighted by Gasteiger charge is 2.39. The molecule has 3 aromatic rings. The molecule has 0 N–H and O–H groups in total. The zero-order valence-corrected chi connectivity index (χ0v) is 15.5. The van der Waals surface area contributed by atoms with Gasteiger partial charge in [0.05, 0.1) is 17.5 Å². The number of hydrogen-bond acceptors (Lipinski definition) is 5. The number of pyridine rings is 1. The lowest BCUT2D eigenvalue weighted by molar-refractivity contribution is 0.550. The number of fused-ring (bicyclic) bond motifs is 4. The van der Waals surface area contributed by atoms with E-state index in [1.807, 2.05) is 13.0 Å². The van der Waals surface area contributed by atoms with Gasteiger partial charge in [0, 0.05) is 29.5 Å². The molecule has 1 atom stereocenters. The van der Waals surface area contributed by atoms with Gasteiger partial charge < -0.3 is 18.9 Å². The lowest BCUT2D eigenvalue weighted by Crippen LogP contribution is -2.56. The Balaban J connectivity index is 1.70. The normalized spacial score (nSPS) is 18.7. The molecule has 0 unspecified atom stereocenters. The molecule has 1 aromatic carbocycles. The molecule has 0 radical (unpaired) electrons. The Morgan fingerprint density at radius 2 is 1.85 bits per heavy atom. The number of para-hydroxylation sites is 2. The van der Waals surface area contributed by atoms with Crippen LogP contribution in [0.2, 0.25) is 0 Å². The average Bonchev–Trinajstić information content (AvgIpc) is 3.09. The minimum Gasteiger partial charge on any atom is -0.436 e. The SMILES string of the molecule is Cc1ccc2c3c(oc2n1)=CN(C)B(N1c2ccccc2N(C)[C@@H]1C)C=3. The molecule has 0 amide bonds. The smallest absolute Gasteiger partial charge is 0.405 e. The standard InChI is InChI=1S/C20H21BN4O/c1-13-9-10-15-16-11-21(23(3)12-19(16)26-20(15)22-13)25-14(2)24(4)17-7-5-6-8-18(17)25/h5-12,14H,1-4H3/t14-/m0/s1. The summed E-state index contributed by atoms with van der Waals surface area (Å²) in [7, 11) is 4.26. The predicted octanol–water partition coefficient (Wildman–Crippen LogP) is 1.93. The second-order valence-electron chi connectivity index (χ2n) is 7.20. The van der Waals surface area contributed by atoms with Gasteiger partial charge in [-0.25, -0.2) is 4.98 Å². The Kier molecular flexibility index (Phi) is 3.14. The number of rotatable bonds is 1. The Morgan fingerprint density at radius 3 is 2.65 bits per heavy atom. The van der Waals surface area contributed by atoms with E-state index in [0.29, 0.717) is 5.71 Å². The summed E-state index contributed by atoms with van der Waals surface area (Å²) in [6.07, 6.45) is 2.36. The third-order valence-corrected chi connectivity index (χ3v) is 5.60. The number of aryl methyl sites for hydroxylation is 1. The molecule has 0 aliphatic carbocycles. The van der Waals surface area contributed by atoms with E-state index < -0.39 is 0 Å². The Morgan fingerprint density at radius 1 is 1.08 bits per heavy atom. The summed E-state index contributed by atoms with van der Waals surface area (Å²) >= 11 is 0. The van der Waals surface area contributed by atoms with Crippen LogP contribution in [0.4, 0.5) is 11.4 Å². The molecular weight excluding hydrogens is 323 g/mol. The van der Waals surface area contributed by atoms with Gasteiger partial charge in [-0.1, -0.05) is 18.1 Å². The summed E-state index contributed by atoms with van der Waals surface area (Å²) in [5, 5.41) is 2.21. The maximum atomic E-state index is 6.00. The highest BCUT2D eigenvalue weighted by molar-refractivity contribution is 6.75. The molecule has 5 nitrogen and oxygen atoms in total. The number of nitrogens with zero attached hydrogens (tertiary/aromatic N) is 4. The fraction of sp³-hybridized carbons (Fsp3) is 0.250. The first kappa shape index (κ1) is 15.4. The molecule has 5 rings (SSSR count). The molecule has 2 aliphatic heterocycles. The maximum Gasteiger partial charge on any atom is 0.405 e. The number of anilines is 2. The largest absolute Gasteiger partial charge is 0.436 e.